The van der Waals surface area contributed by atoms with Gasteiger partial charge in [-0.2, -0.15) is 0 Å². The molecule has 0 bridgehead atoms. The van der Waals surface area contributed by atoms with E-state index in [9.17, 15) is 4.79 Å². The zero-order chi connectivity index (χ0) is 24.3. The van der Waals surface area contributed by atoms with Gasteiger partial charge in [0.25, 0.3) is 5.56 Å². The Hall–Kier alpha value is -4.48. The fourth-order valence-electron chi connectivity index (χ4n) is 4.21. The molecule has 0 aliphatic heterocycles. The van der Waals surface area contributed by atoms with E-state index in [1.54, 1.807) is 4.40 Å². The molecule has 0 unspecified atom stereocenters. The van der Waals surface area contributed by atoms with Gasteiger partial charge >= 0.3 is 0 Å². The Labute approximate surface area is 212 Å². The van der Waals surface area contributed by atoms with Crippen molar-refractivity contribution in [3.8, 4) is 28.3 Å². The highest BCUT2D eigenvalue weighted by atomic mass is 32.1. The fourth-order valence-corrected chi connectivity index (χ4v) is 5.18. The molecular weight excluding hydrogens is 464 g/mol. The van der Waals surface area contributed by atoms with E-state index in [2.05, 4.69) is 0 Å². The van der Waals surface area contributed by atoms with Gasteiger partial charge in [0.15, 0.2) is 4.96 Å². The van der Waals surface area contributed by atoms with Crippen molar-refractivity contribution in [1.82, 2.24) is 9.38 Å². The molecule has 0 aliphatic rings. The van der Waals surface area contributed by atoms with Crippen molar-refractivity contribution >= 4 is 22.4 Å². The van der Waals surface area contributed by atoms with Gasteiger partial charge in [-0.25, -0.2) is 9.38 Å². The van der Waals surface area contributed by atoms with Gasteiger partial charge in [-0.05, 0) is 29.3 Å². The molecule has 4 nitrogen and oxygen atoms in total. The number of thiazole rings is 1. The SMILES string of the molecule is O=c1/c(=C/c2ccc(OCc3ccccc3)cc2)sc2nc(-c3ccccc3)c(-c3ccccc3)n12. The maximum atomic E-state index is 13.6. The maximum absolute atomic E-state index is 13.6. The highest BCUT2D eigenvalue weighted by molar-refractivity contribution is 7.15. The van der Waals surface area contributed by atoms with Crippen molar-refractivity contribution in [1.29, 1.82) is 0 Å². The lowest BCUT2D eigenvalue weighted by Crippen LogP contribution is -2.23. The Kier molecular flexibility index (Phi) is 5.90. The van der Waals surface area contributed by atoms with Crippen LogP contribution in [0.1, 0.15) is 11.1 Å². The van der Waals surface area contributed by atoms with Crippen LogP contribution in [0, 0.1) is 0 Å². The van der Waals surface area contributed by atoms with Crippen molar-refractivity contribution in [2.45, 2.75) is 6.61 Å². The Balaban J connectivity index is 1.37. The average molecular weight is 487 g/mol. The largest absolute Gasteiger partial charge is 0.489 e. The minimum absolute atomic E-state index is 0.0621. The number of ether oxygens (including phenoxy) is 1. The van der Waals surface area contributed by atoms with Crippen LogP contribution in [-0.2, 0) is 6.61 Å². The normalized spacial score (nSPS) is 11.7. The minimum Gasteiger partial charge on any atom is -0.489 e. The predicted molar refractivity (Wildman–Crippen MR) is 146 cm³/mol. The number of imidazole rings is 1. The molecule has 0 radical (unpaired) electrons. The number of fused-ring (bicyclic) bond motifs is 1. The summed E-state index contributed by atoms with van der Waals surface area (Å²) in [6.45, 7) is 0.517. The molecule has 6 rings (SSSR count). The first-order chi connectivity index (χ1) is 17.8. The number of benzene rings is 4. The van der Waals surface area contributed by atoms with Crippen LogP contribution >= 0.6 is 11.3 Å². The quantitative estimate of drug-likeness (QED) is 0.281. The summed E-state index contributed by atoms with van der Waals surface area (Å²) in [5.41, 5.74) is 5.59. The Bertz CT molecular complexity index is 1720. The zero-order valence-electron chi connectivity index (χ0n) is 19.4. The summed E-state index contributed by atoms with van der Waals surface area (Å²) < 4.78 is 8.28. The molecule has 0 aliphatic carbocycles. The highest BCUT2D eigenvalue weighted by Crippen LogP contribution is 2.32. The third-order valence-electron chi connectivity index (χ3n) is 5.98. The first-order valence-electron chi connectivity index (χ1n) is 11.7. The van der Waals surface area contributed by atoms with Crippen LogP contribution in [0.15, 0.2) is 120 Å². The summed E-state index contributed by atoms with van der Waals surface area (Å²) in [7, 11) is 0. The summed E-state index contributed by atoms with van der Waals surface area (Å²) in [6.07, 6.45) is 1.92. The number of hydrogen-bond acceptors (Lipinski definition) is 4. The molecule has 2 aromatic heterocycles. The van der Waals surface area contributed by atoms with E-state index in [4.69, 9.17) is 9.72 Å². The summed E-state index contributed by atoms with van der Waals surface area (Å²) in [4.78, 5) is 19.2. The second-order valence-corrected chi connectivity index (χ2v) is 9.43. The van der Waals surface area contributed by atoms with Gasteiger partial charge in [0.05, 0.1) is 15.9 Å². The van der Waals surface area contributed by atoms with Crippen LogP contribution in [0.2, 0.25) is 0 Å². The summed E-state index contributed by atoms with van der Waals surface area (Å²) in [5, 5.41) is 0. The molecule has 0 N–H and O–H groups in total. The van der Waals surface area contributed by atoms with Crippen LogP contribution in [-0.4, -0.2) is 9.38 Å². The molecular formula is C31H22N2O2S. The third kappa shape index (κ3) is 4.32. The lowest BCUT2D eigenvalue weighted by atomic mass is 10.1. The van der Waals surface area contributed by atoms with E-state index in [0.29, 0.717) is 16.1 Å². The first-order valence-corrected chi connectivity index (χ1v) is 12.5. The molecule has 0 atom stereocenters. The van der Waals surface area contributed by atoms with Gasteiger partial charge in [-0.15, -0.1) is 0 Å². The molecule has 0 spiro atoms. The molecule has 2 heterocycles. The molecule has 36 heavy (non-hydrogen) atoms. The molecule has 174 valence electrons. The van der Waals surface area contributed by atoms with Gasteiger partial charge in [-0.3, -0.25) is 4.79 Å². The summed E-state index contributed by atoms with van der Waals surface area (Å²) in [6, 6.07) is 37.9. The standard InChI is InChI=1S/C31H22N2O2S/c34-30-27(20-22-16-18-26(19-17-22)35-21-23-10-4-1-5-11-23)36-31-32-28(24-12-6-2-7-13-24)29(33(30)31)25-14-8-3-9-15-25/h1-20H,21H2/b27-20-. The maximum Gasteiger partial charge on any atom is 0.274 e. The molecule has 6 aromatic rings. The Morgan fingerprint density at radius 1 is 0.750 bits per heavy atom. The van der Waals surface area contributed by atoms with Crippen LogP contribution in [0.25, 0.3) is 33.6 Å². The predicted octanol–water partition coefficient (Wildman–Crippen LogP) is 6.22. The van der Waals surface area contributed by atoms with E-state index in [1.165, 1.54) is 11.3 Å². The molecule has 0 fully saturated rings. The minimum atomic E-state index is -0.0621. The lowest BCUT2D eigenvalue weighted by Gasteiger charge is -2.06. The number of nitrogens with zero attached hydrogens (tertiary/aromatic N) is 2. The van der Waals surface area contributed by atoms with Crippen molar-refractivity contribution in [2.24, 2.45) is 0 Å². The second kappa shape index (κ2) is 9.64. The Morgan fingerprint density at radius 3 is 2.03 bits per heavy atom. The van der Waals surface area contributed by atoms with E-state index in [1.807, 2.05) is 121 Å². The third-order valence-corrected chi connectivity index (χ3v) is 6.95. The van der Waals surface area contributed by atoms with E-state index >= 15 is 0 Å². The topological polar surface area (TPSA) is 43.6 Å². The molecule has 5 heteroatoms. The van der Waals surface area contributed by atoms with E-state index in [0.717, 1.165) is 39.4 Å². The van der Waals surface area contributed by atoms with Gasteiger partial charge < -0.3 is 4.74 Å². The zero-order valence-corrected chi connectivity index (χ0v) is 20.2. The smallest absolute Gasteiger partial charge is 0.274 e. The van der Waals surface area contributed by atoms with Crippen LogP contribution in [0.4, 0.5) is 0 Å². The monoisotopic (exact) mass is 486 g/mol. The van der Waals surface area contributed by atoms with Gasteiger partial charge in [-0.1, -0.05) is 114 Å². The van der Waals surface area contributed by atoms with Crippen molar-refractivity contribution in [3.05, 3.63) is 141 Å². The van der Waals surface area contributed by atoms with Crippen LogP contribution < -0.4 is 14.8 Å². The van der Waals surface area contributed by atoms with Crippen molar-refractivity contribution in [2.75, 3.05) is 0 Å². The average Bonchev–Trinajstić information content (AvgIpc) is 3.46. The van der Waals surface area contributed by atoms with E-state index < -0.39 is 0 Å². The van der Waals surface area contributed by atoms with Crippen molar-refractivity contribution < 1.29 is 4.74 Å². The Morgan fingerprint density at radius 2 is 1.36 bits per heavy atom. The first kappa shape index (κ1) is 22.0. The molecule has 0 amide bonds. The van der Waals surface area contributed by atoms with Crippen LogP contribution in [0.5, 0.6) is 5.75 Å². The number of rotatable bonds is 6. The second-order valence-electron chi connectivity index (χ2n) is 8.42. The van der Waals surface area contributed by atoms with Gasteiger partial charge in [0, 0.05) is 11.1 Å². The van der Waals surface area contributed by atoms with Gasteiger partial charge in [0.2, 0.25) is 0 Å². The lowest BCUT2D eigenvalue weighted by molar-refractivity contribution is 0.306. The number of hydrogen-bond donors (Lipinski definition) is 0. The molecule has 0 saturated heterocycles. The summed E-state index contributed by atoms with van der Waals surface area (Å²) >= 11 is 1.41. The highest BCUT2D eigenvalue weighted by Gasteiger charge is 2.19. The molecule has 4 aromatic carbocycles. The van der Waals surface area contributed by atoms with Gasteiger partial charge in [0.1, 0.15) is 12.4 Å². The molecule has 0 saturated carbocycles. The van der Waals surface area contributed by atoms with Crippen LogP contribution in [0.3, 0.4) is 0 Å². The van der Waals surface area contributed by atoms with E-state index in [-0.39, 0.29) is 5.56 Å². The van der Waals surface area contributed by atoms with Crippen molar-refractivity contribution in [3.63, 3.8) is 0 Å². The fraction of sp³-hybridized carbons (Fsp3) is 0.0323. The number of aromatic nitrogens is 2. The summed E-state index contributed by atoms with van der Waals surface area (Å²) in [5.74, 6) is 0.790.